The van der Waals surface area contributed by atoms with Gasteiger partial charge in [-0.25, -0.2) is 4.68 Å². The number of likely N-dealkylation sites (N-methyl/N-ethyl adjacent to an activating group) is 1. The highest BCUT2D eigenvalue weighted by Gasteiger charge is 2.28. The van der Waals surface area contributed by atoms with E-state index in [-0.39, 0.29) is 11.9 Å². The van der Waals surface area contributed by atoms with E-state index in [1.807, 2.05) is 15.8 Å². The number of hydrogen-bond donors (Lipinski definition) is 1. The molecule has 0 saturated carbocycles. The Labute approximate surface area is 125 Å². The van der Waals surface area contributed by atoms with Crippen LogP contribution in [0, 0.1) is 0 Å². The van der Waals surface area contributed by atoms with Crippen LogP contribution in [0.15, 0.2) is 6.20 Å². The first kappa shape index (κ1) is 14.5. The number of piperazine rings is 1. The average Bonchev–Trinajstić information content (AvgIpc) is 2.97. The van der Waals surface area contributed by atoms with Gasteiger partial charge in [0.05, 0.1) is 12.2 Å². The Morgan fingerprint density at radius 3 is 2.81 bits per heavy atom. The number of rotatable bonds is 2. The second kappa shape index (κ2) is 6.11. The van der Waals surface area contributed by atoms with E-state index < -0.39 is 0 Å². The number of aromatic nitrogens is 3. The summed E-state index contributed by atoms with van der Waals surface area (Å²) >= 11 is 0. The van der Waals surface area contributed by atoms with Crippen molar-refractivity contribution < 1.29 is 4.79 Å². The normalized spacial score (nSPS) is 25.2. The van der Waals surface area contributed by atoms with Gasteiger partial charge in [-0.15, -0.1) is 5.10 Å². The SMILES string of the molecule is CC1CN(C)CCN1C(=O)c1cn(C2CCNCC2)nn1. The number of nitrogens with zero attached hydrogens (tertiary/aromatic N) is 5. The van der Waals surface area contributed by atoms with Gasteiger partial charge in [-0.05, 0) is 39.9 Å². The van der Waals surface area contributed by atoms with E-state index in [2.05, 4.69) is 34.5 Å². The number of carbonyl (C=O) groups excluding carboxylic acids is 1. The van der Waals surface area contributed by atoms with E-state index in [4.69, 9.17) is 0 Å². The van der Waals surface area contributed by atoms with Gasteiger partial charge in [0.1, 0.15) is 0 Å². The minimum atomic E-state index is 0.00999. The quantitative estimate of drug-likeness (QED) is 0.830. The molecule has 21 heavy (non-hydrogen) atoms. The van der Waals surface area contributed by atoms with Gasteiger partial charge < -0.3 is 15.1 Å². The summed E-state index contributed by atoms with van der Waals surface area (Å²) in [6.07, 6.45) is 3.91. The first-order chi connectivity index (χ1) is 10.1. The summed E-state index contributed by atoms with van der Waals surface area (Å²) in [4.78, 5) is 16.8. The van der Waals surface area contributed by atoms with Crippen LogP contribution in [0.1, 0.15) is 36.3 Å². The van der Waals surface area contributed by atoms with Crippen LogP contribution in [0.4, 0.5) is 0 Å². The van der Waals surface area contributed by atoms with Crippen LogP contribution in [0.5, 0.6) is 0 Å². The van der Waals surface area contributed by atoms with Gasteiger partial charge >= 0.3 is 0 Å². The molecule has 1 N–H and O–H groups in total. The zero-order valence-electron chi connectivity index (χ0n) is 12.8. The fraction of sp³-hybridized carbons (Fsp3) is 0.786. The second-order valence-corrected chi connectivity index (χ2v) is 6.17. The van der Waals surface area contributed by atoms with E-state index in [0.717, 1.165) is 45.6 Å². The highest BCUT2D eigenvalue weighted by molar-refractivity contribution is 5.92. The van der Waals surface area contributed by atoms with Crippen molar-refractivity contribution in [2.75, 3.05) is 39.8 Å². The van der Waals surface area contributed by atoms with Gasteiger partial charge in [0.2, 0.25) is 0 Å². The molecule has 1 unspecified atom stereocenters. The van der Waals surface area contributed by atoms with Crippen LogP contribution in [-0.2, 0) is 0 Å². The molecule has 116 valence electrons. The van der Waals surface area contributed by atoms with E-state index in [9.17, 15) is 4.79 Å². The van der Waals surface area contributed by atoms with Crippen LogP contribution >= 0.6 is 0 Å². The smallest absolute Gasteiger partial charge is 0.276 e. The first-order valence-corrected chi connectivity index (χ1v) is 7.77. The van der Waals surface area contributed by atoms with Crippen molar-refractivity contribution in [1.82, 2.24) is 30.1 Å². The molecule has 7 heteroatoms. The second-order valence-electron chi connectivity index (χ2n) is 6.17. The summed E-state index contributed by atoms with van der Waals surface area (Å²) in [5.74, 6) is 0.00999. The summed E-state index contributed by atoms with van der Waals surface area (Å²) in [7, 11) is 2.09. The van der Waals surface area contributed by atoms with Crippen molar-refractivity contribution in [2.24, 2.45) is 0 Å². The standard InChI is InChI=1S/C14H24N6O/c1-11-9-18(2)7-8-19(11)14(21)13-10-20(17-16-13)12-3-5-15-6-4-12/h10-12,15H,3-9H2,1-2H3. The van der Waals surface area contributed by atoms with Crippen molar-refractivity contribution in [1.29, 1.82) is 0 Å². The van der Waals surface area contributed by atoms with Crippen LogP contribution < -0.4 is 5.32 Å². The molecule has 1 aromatic rings. The van der Waals surface area contributed by atoms with Gasteiger partial charge in [0.15, 0.2) is 5.69 Å². The molecule has 2 fully saturated rings. The monoisotopic (exact) mass is 292 g/mol. The molecule has 2 saturated heterocycles. The van der Waals surface area contributed by atoms with Crippen LogP contribution in [-0.4, -0.2) is 76.5 Å². The topological polar surface area (TPSA) is 66.3 Å². The molecular weight excluding hydrogens is 268 g/mol. The minimum absolute atomic E-state index is 0.00999. The van der Waals surface area contributed by atoms with Gasteiger partial charge in [0.25, 0.3) is 5.91 Å². The molecule has 1 atom stereocenters. The molecule has 0 aliphatic carbocycles. The number of piperidine rings is 1. The molecule has 0 radical (unpaired) electrons. The van der Waals surface area contributed by atoms with Gasteiger partial charge in [0, 0.05) is 25.7 Å². The molecule has 3 rings (SSSR count). The van der Waals surface area contributed by atoms with Crippen molar-refractivity contribution >= 4 is 5.91 Å². The molecule has 0 aromatic carbocycles. The van der Waals surface area contributed by atoms with E-state index in [0.29, 0.717) is 11.7 Å². The van der Waals surface area contributed by atoms with Crippen LogP contribution in [0.25, 0.3) is 0 Å². The Bertz CT molecular complexity index is 495. The van der Waals surface area contributed by atoms with Gasteiger partial charge in [-0.1, -0.05) is 5.21 Å². The maximum Gasteiger partial charge on any atom is 0.276 e. The summed E-state index contributed by atoms with van der Waals surface area (Å²) in [5, 5.41) is 11.6. The average molecular weight is 292 g/mol. The minimum Gasteiger partial charge on any atom is -0.332 e. The lowest BCUT2D eigenvalue weighted by molar-refractivity contribution is 0.0527. The first-order valence-electron chi connectivity index (χ1n) is 7.77. The molecule has 3 heterocycles. The van der Waals surface area contributed by atoms with Crippen molar-refractivity contribution in [3.8, 4) is 0 Å². The lowest BCUT2D eigenvalue weighted by Crippen LogP contribution is -2.52. The van der Waals surface area contributed by atoms with Crippen molar-refractivity contribution in [3.63, 3.8) is 0 Å². The fourth-order valence-corrected chi connectivity index (χ4v) is 3.21. The zero-order chi connectivity index (χ0) is 14.8. The Morgan fingerprint density at radius 2 is 2.10 bits per heavy atom. The maximum absolute atomic E-state index is 12.6. The molecule has 0 bridgehead atoms. The van der Waals surface area contributed by atoms with Crippen molar-refractivity contribution in [3.05, 3.63) is 11.9 Å². The van der Waals surface area contributed by atoms with Crippen LogP contribution in [0.2, 0.25) is 0 Å². The molecule has 1 amide bonds. The third-order valence-corrected chi connectivity index (χ3v) is 4.50. The van der Waals surface area contributed by atoms with E-state index in [1.165, 1.54) is 0 Å². The summed E-state index contributed by atoms with van der Waals surface area (Å²) < 4.78 is 1.87. The largest absolute Gasteiger partial charge is 0.332 e. The summed E-state index contributed by atoms with van der Waals surface area (Å²) in [6.45, 7) is 6.68. The Balaban J connectivity index is 1.69. The maximum atomic E-state index is 12.6. The lowest BCUT2D eigenvalue weighted by Gasteiger charge is -2.37. The number of hydrogen-bond acceptors (Lipinski definition) is 5. The zero-order valence-corrected chi connectivity index (χ0v) is 12.8. The highest BCUT2D eigenvalue weighted by Crippen LogP contribution is 2.18. The molecule has 2 aliphatic rings. The predicted octanol–water partition coefficient (Wildman–Crippen LogP) is -0.0213. The van der Waals surface area contributed by atoms with E-state index >= 15 is 0 Å². The van der Waals surface area contributed by atoms with E-state index in [1.54, 1.807) is 0 Å². The third-order valence-electron chi connectivity index (χ3n) is 4.50. The number of carbonyl (C=O) groups is 1. The summed E-state index contributed by atoms with van der Waals surface area (Å²) in [6, 6.07) is 0.588. The fourth-order valence-electron chi connectivity index (χ4n) is 3.21. The molecule has 2 aliphatic heterocycles. The highest BCUT2D eigenvalue weighted by atomic mass is 16.2. The van der Waals surface area contributed by atoms with Gasteiger partial charge in [-0.2, -0.15) is 0 Å². The lowest BCUT2D eigenvalue weighted by atomic mass is 10.1. The Morgan fingerprint density at radius 1 is 1.33 bits per heavy atom. The molecular formula is C14H24N6O. The molecule has 7 nitrogen and oxygen atoms in total. The predicted molar refractivity (Wildman–Crippen MR) is 79.2 cm³/mol. The number of nitrogens with one attached hydrogen (secondary N) is 1. The number of amides is 1. The van der Waals surface area contributed by atoms with Gasteiger partial charge in [-0.3, -0.25) is 4.79 Å². The summed E-state index contributed by atoms with van der Waals surface area (Å²) in [5.41, 5.74) is 0.477. The van der Waals surface area contributed by atoms with Crippen molar-refractivity contribution in [2.45, 2.75) is 31.8 Å². The third kappa shape index (κ3) is 3.08. The molecule has 1 aromatic heterocycles. The Kier molecular flexibility index (Phi) is 4.21. The van der Waals surface area contributed by atoms with Crippen LogP contribution in [0.3, 0.4) is 0 Å². The molecule has 0 spiro atoms. The Hall–Kier alpha value is -1.47.